The highest BCUT2D eigenvalue weighted by molar-refractivity contribution is 5.75. The molecule has 1 aromatic carbocycles. The molecule has 1 fully saturated rings. The van der Waals surface area contributed by atoms with Crippen LogP contribution in [0.25, 0.3) is 0 Å². The van der Waals surface area contributed by atoms with Gasteiger partial charge in [0.25, 0.3) is 0 Å². The lowest BCUT2D eigenvalue weighted by Gasteiger charge is -2.37. The van der Waals surface area contributed by atoms with Crippen molar-refractivity contribution in [2.24, 2.45) is 5.92 Å². The van der Waals surface area contributed by atoms with E-state index < -0.39 is 0 Å². The monoisotopic (exact) mass is 354 g/mol. The summed E-state index contributed by atoms with van der Waals surface area (Å²) in [5.41, 5.74) is 3.23. The van der Waals surface area contributed by atoms with Crippen LogP contribution in [-0.2, 0) is 11.3 Å². The van der Waals surface area contributed by atoms with E-state index in [1.54, 1.807) is 4.68 Å². The molecule has 1 atom stereocenters. The molecule has 0 saturated carbocycles. The van der Waals surface area contributed by atoms with Crippen LogP contribution in [0.3, 0.4) is 0 Å². The fraction of sp³-hybridized carbons (Fsp3) is 0.524. The summed E-state index contributed by atoms with van der Waals surface area (Å²) >= 11 is 0. The molecule has 2 aromatic rings. The SMILES string of the molecule is Cc1cc(C)n(CC(=O)NCC(c2ccccc2)N2CCC(C)CC2)n1. The first-order valence-electron chi connectivity index (χ1n) is 9.59. The second kappa shape index (κ2) is 8.49. The van der Waals surface area contributed by atoms with Crippen LogP contribution >= 0.6 is 0 Å². The zero-order valence-electron chi connectivity index (χ0n) is 16.1. The first kappa shape index (κ1) is 18.6. The van der Waals surface area contributed by atoms with Gasteiger partial charge < -0.3 is 5.32 Å². The van der Waals surface area contributed by atoms with Gasteiger partial charge in [-0.25, -0.2) is 0 Å². The molecule has 3 rings (SSSR count). The van der Waals surface area contributed by atoms with Gasteiger partial charge in [-0.15, -0.1) is 0 Å². The number of aromatic nitrogens is 2. The van der Waals surface area contributed by atoms with Gasteiger partial charge in [0.1, 0.15) is 6.54 Å². The number of hydrogen-bond donors (Lipinski definition) is 1. The topological polar surface area (TPSA) is 50.2 Å². The quantitative estimate of drug-likeness (QED) is 0.867. The van der Waals surface area contributed by atoms with Gasteiger partial charge in [0.15, 0.2) is 0 Å². The summed E-state index contributed by atoms with van der Waals surface area (Å²) in [6.45, 7) is 9.35. The summed E-state index contributed by atoms with van der Waals surface area (Å²) in [7, 11) is 0. The van der Waals surface area contributed by atoms with Gasteiger partial charge >= 0.3 is 0 Å². The van der Waals surface area contributed by atoms with Gasteiger partial charge in [-0.3, -0.25) is 14.4 Å². The van der Waals surface area contributed by atoms with Crippen molar-refractivity contribution in [2.75, 3.05) is 19.6 Å². The normalized spacial score (nSPS) is 17.2. The lowest BCUT2D eigenvalue weighted by atomic mass is 9.95. The molecule has 1 N–H and O–H groups in total. The van der Waals surface area contributed by atoms with E-state index >= 15 is 0 Å². The van der Waals surface area contributed by atoms with E-state index in [9.17, 15) is 4.79 Å². The van der Waals surface area contributed by atoms with Crippen molar-refractivity contribution in [1.29, 1.82) is 0 Å². The van der Waals surface area contributed by atoms with Gasteiger partial charge in [-0.1, -0.05) is 37.3 Å². The Bertz CT molecular complexity index is 717. The predicted octanol–water partition coefficient (Wildman–Crippen LogP) is 3.09. The van der Waals surface area contributed by atoms with Crippen molar-refractivity contribution in [1.82, 2.24) is 20.0 Å². The molecular weight excluding hydrogens is 324 g/mol. The number of nitrogens with one attached hydrogen (secondary N) is 1. The second-order valence-electron chi connectivity index (χ2n) is 7.53. The second-order valence-corrected chi connectivity index (χ2v) is 7.53. The van der Waals surface area contributed by atoms with E-state index in [1.807, 2.05) is 26.0 Å². The van der Waals surface area contributed by atoms with E-state index in [0.717, 1.165) is 30.4 Å². The lowest BCUT2D eigenvalue weighted by molar-refractivity contribution is -0.122. The average Bonchev–Trinajstić information content (AvgIpc) is 2.94. The highest BCUT2D eigenvalue weighted by Crippen LogP contribution is 2.26. The molecule has 0 radical (unpaired) electrons. The molecule has 5 heteroatoms. The minimum absolute atomic E-state index is 0.0162. The number of benzene rings is 1. The van der Waals surface area contributed by atoms with Crippen LogP contribution in [0.4, 0.5) is 0 Å². The Balaban J connectivity index is 1.64. The summed E-state index contributed by atoms with van der Waals surface area (Å²) in [5, 5.41) is 7.51. The number of carbonyl (C=O) groups is 1. The summed E-state index contributed by atoms with van der Waals surface area (Å²) in [5.74, 6) is 0.811. The van der Waals surface area contributed by atoms with Gasteiger partial charge in [0.05, 0.1) is 11.7 Å². The molecule has 140 valence electrons. The van der Waals surface area contributed by atoms with E-state index in [0.29, 0.717) is 6.54 Å². The first-order chi connectivity index (χ1) is 12.5. The van der Waals surface area contributed by atoms with Crippen molar-refractivity contribution in [3.8, 4) is 0 Å². The number of piperidine rings is 1. The number of nitrogens with zero attached hydrogens (tertiary/aromatic N) is 3. The maximum atomic E-state index is 12.5. The summed E-state index contributed by atoms with van der Waals surface area (Å²) in [6, 6.07) is 12.7. The molecule has 2 heterocycles. The maximum Gasteiger partial charge on any atom is 0.241 e. The van der Waals surface area contributed by atoms with Crippen molar-refractivity contribution in [3.63, 3.8) is 0 Å². The number of hydrogen-bond acceptors (Lipinski definition) is 3. The molecule has 1 saturated heterocycles. The van der Waals surface area contributed by atoms with Crippen molar-refractivity contribution in [2.45, 2.75) is 46.2 Å². The van der Waals surface area contributed by atoms with Crippen LogP contribution in [0, 0.1) is 19.8 Å². The molecular formula is C21H30N4O. The molecule has 1 unspecified atom stereocenters. The van der Waals surface area contributed by atoms with E-state index in [1.165, 1.54) is 18.4 Å². The third-order valence-corrected chi connectivity index (χ3v) is 5.33. The van der Waals surface area contributed by atoms with E-state index in [4.69, 9.17) is 0 Å². The fourth-order valence-corrected chi connectivity index (χ4v) is 3.71. The number of rotatable bonds is 6. The van der Waals surface area contributed by atoms with Gasteiger partial charge in [-0.2, -0.15) is 5.10 Å². The average molecular weight is 354 g/mol. The Morgan fingerprint density at radius 1 is 1.23 bits per heavy atom. The molecule has 5 nitrogen and oxygen atoms in total. The minimum atomic E-state index is 0.0162. The minimum Gasteiger partial charge on any atom is -0.353 e. The first-order valence-corrected chi connectivity index (χ1v) is 9.59. The lowest BCUT2D eigenvalue weighted by Crippen LogP contribution is -2.42. The fourth-order valence-electron chi connectivity index (χ4n) is 3.71. The summed E-state index contributed by atoms with van der Waals surface area (Å²) in [6.07, 6.45) is 2.45. The van der Waals surface area contributed by atoms with Crippen molar-refractivity contribution in [3.05, 3.63) is 53.3 Å². The molecule has 1 aliphatic rings. The van der Waals surface area contributed by atoms with Crippen LogP contribution in [0.1, 0.15) is 42.8 Å². The molecule has 1 amide bonds. The van der Waals surface area contributed by atoms with E-state index in [2.05, 4.69) is 46.5 Å². The summed E-state index contributed by atoms with van der Waals surface area (Å²) in [4.78, 5) is 15.0. The Hall–Kier alpha value is -2.14. The highest BCUT2D eigenvalue weighted by Gasteiger charge is 2.25. The van der Waals surface area contributed by atoms with Crippen LogP contribution in [0.5, 0.6) is 0 Å². The zero-order chi connectivity index (χ0) is 18.5. The number of likely N-dealkylation sites (tertiary alicyclic amines) is 1. The molecule has 0 bridgehead atoms. The molecule has 1 aromatic heterocycles. The van der Waals surface area contributed by atoms with Crippen LogP contribution in [0.15, 0.2) is 36.4 Å². The standard InChI is InChI=1S/C21H30N4O/c1-16-9-11-24(12-10-16)20(19-7-5-4-6-8-19)14-22-21(26)15-25-18(3)13-17(2)23-25/h4-8,13,16,20H,9-12,14-15H2,1-3H3,(H,22,26). The number of amides is 1. The Labute approximate surface area is 156 Å². The Kier molecular flexibility index (Phi) is 6.09. The number of aryl methyl sites for hydroxylation is 2. The smallest absolute Gasteiger partial charge is 0.241 e. The van der Waals surface area contributed by atoms with Crippen LogP contribution in [-0.4, -0.2) is 40.2 Å². The van der Waals surface area contributed by atoms with Gasteiger partial charge in [0, 0.05) is 12.2 Å². The Morgan fingerprint density at radius 2 is 1.92 bits per heavy atom. The van der Waals surface area contributed by atoms with Crippen molar-refractivity contribution < 1.29 is 4.79 Å². The summed E-state index contributed by atoms with van der Waals surface area (Å²) < 4.78 is 1.77. The molecule has 0 spiro atoms. The highest BCUT2D eigenvalue weighted by atomic mass is 16.2. The predicted molar refractivity (Wildman–Crippen MR) is 104 cm³/mol. The maximum absolute atomic E-state index is 12.5. The molecule has 0 aliphatic carbocycles. The largest absolute Gasteiger partial charge is 0.353 e. The van der Waals surface area contributed by atoms with Crippen LogP contribution in [0.2, 0.25) is 0 Å². The molecule has 26 heavy (non-hydrogen) atoms. The number of carbonyl (C=O) groups excluding carboxylic acids is 1. The Morgan fingerprint density at radius 3 is 2.54 bits per heavy atom. The zero-order valence-corrected chi connectivity index (χ0v) is 16.1. The van der Waals surface area contributed by atoms with Crippen LogP contribution < -0.4 is 5.32 Å². The van der Waals surface area contributed by atoms with Crippen molar-refractivity contribution >= 4 is 5.91 Å². The molecule has 1 aliphatic heterocycles. The third-order valence-electron chi connectivity index (χ3n) is 5.33. The van der Waals surface area contributed by atoms with E-state index in [-0.39, 0.29) is 18.5 Å². The third kappa shape index (κ3) is 4.73. The van der Waals surface area contributed by atoms with Gasteiger partial charge in [0.2, 0.25) is 5.91 Å². The van der Waals surface area contributed by atoms with Gasteiger partial charge in [-0.05, 0) is 57.3 Å².